The summed E-state index contributed by atoms with van der Waals surface area (Å²) in [5.41, 5.74) is 6.82. The Bertz CT molecular complexity index is 375. The van der Waals surface area contributed by atoms with E-state index in [4.69, 9.17) is 5.73 Å². The summed E-state index contributed by atoms with van der Waals surface area (Å²) in [5.74, 6) is -0.288. The van der Waals surface area contributed by atoms with E-state index in [-0.39, 0.29) is 17.3 Å². The van der Waals surface area contributed by atoms with Crippen LogP contribution in [0.1, 0.15) is 45.9 Å². The maximum Gasteiger partial charge on any atom is 0.141 e. The van der Waals surface area contributed by atoms with E-state index in [9.17, 15) is 4.39 Å². The van der Waals surface area contributed by atoms with Gasteiger partial charge >= 0.3 is 0 Å². The van der Waals surface area contributed by atoms with Gasteiger partial charge in [0.15, 0.2) is 0 Å². The molecule has 0 fully saturated rings. The number of hydrogen-bond donors (Lipinski definition) is 1. The molecule has 0 aliphatic rings. The molecule has 0 saturated carbocycles. The van der Waals surface area contributed by atoms with Crippen molar-refractivity contribution in [2.75, 3.05) is 19.6 Å². The van der Waals surface area contributed by atoms with Gasteiger partial charge in [-0.2, -0.15) is 0 Å². The van der Waals surface area contributed by atoms with E-state index < -0.39 is 0 Å². The third-order valence-electron chi connectivity index (χ3n) is 3.51. The Kier molecular flexibility index (Phi) is 5.88. The van der Waals surface area contributed by atoms with Crippen molar-refractivity contribution in [3.63, 3.8) is 0 Å². The zero-order valence-corrected chi connectivity index (χ0v) is 12.5. The molecule has 0 aliphatic carbocycles. The van der Waals surface area contributed by atoms with E-state index in [0.717, 1.165) is 25.2 Å². The molecule has 0 saturated heterocycles. The van der Waals surface area contributed by atoms with Crippen molar-refractivity contribution in [2.45, 2.75) is 40.2 Å². The number of nitrogens with two attached hydrogens (primary N) is 1. The van der Waals surface area contributed by atoms with Gasteiger partial charge in [0, 0.05) is 6.54 Å². The number of nitrogens with zero attached hydrogens (tertiary/aromatic N) is 2. The zero-order chi connectivity index (χ0) is 14.5. The molecular formula is C15H26FN3. The lowest BCUT2D eigenvalue weighted by atomic mass is 9.91. The highest BCUT2D eigenvalue weighted by atomic mass is 19.1. The molecule has 0 bridgehead atoms. The van der Waals surface area contributed by atoms with Crippen molar-refractivity contribution in [1.29, 1.82) is 0 Å². The lowest BCUT2D eigenvalue weighted by Crippen LogP contribution is -2.40. The molecule has 1 atom stereocenters. The van der Waals surface area contributed by atoms with Gasteiger partial charge in [0.05, 0.1) is 17.9 Å². The molecule has 1 heterocycles. The monoisotopic (exact) mass is 267 g/mol. The van der Waals surface area contributed by atoms with Crippen LogP contribution in [0.25, 0.3) is 0 Å². The van der Waals surface area contributed by atoms with Crippen molar-refractivity contribution in [3.8, 4) is 0 Å². The first-order valence-electron chi connectivity index (χ1n) is 6.99. The van der Waals surface area contributed by atoms with Gasteiger partial charge in [-0.15, -0.1) is 0 Å². The largest absolute Gasteiger partial charge is 0.330 e. The first-order valence-corrected chi connectivity index (χ1v) is 6.99. The molecule has 4 heteroatoms. The summed E-state index contributed by atoms with van der Waals surface area (Å²) in [6.45, 7) is 11.1. The minimum atomic E-state index is -0.288. The van der Waals surface area contributed by atoms with Gasteiger partial charge in [-0.05, 0) is 37.1 Å². The Morgan fingerprint density at radius 3 is 2.47 bits per heavy atom. The van der Waals surface area contributed by atoms with Crippen LogP contribution in [0.4, 0.5) is 4.39 Å². The molecule has 1 unspecified atom stereocenters. The van der Waals surface area contributed by atoms with Crippen LogP contribution in [0.3, 0.4) is 0 Å². The van der Waals surface area contributed by atoms with Crippen LogP contribution in [0.15, 0.2) is 18.3 Å². The summed E-state index contributed by atoms with van der Waals surface area (Å²) < 4.78 is 13.0. The van der Waals surface area contributed by atoms with Crippen LogP contribution in [0, 0.1) is 11.2 Å². The van der Waals surface area contributed by atoms with Gasteiger partial charge in [-0.3, -0.25) is 9.88 Å². The quantitative estimate of drug-likeness (QED) is 0.826. The third kappa shape index (κ3) is 4.55. The SMILES string of the molecule is CCC(c1ccc(F)cn1)N(CC)CC(C)(C)CN. The smallest absolute Gasteiger partial charge is 0.141 e. The predicted octanol–water partition coefficient (Wildman–Crippen LogP) is 2.98. The van der Waals surface area contributed by atoms with E-state index in [1.165, 1.54) is 12.3 Å². The molecule has 108 valence electrons. The number of hydrogen-bond acceptors (Lipinski definition) is 3. The van der Waals surface area contributed by atoms with Gasteiger partial charge in [0.2, 0.25) is 0 Å². The first kappa shape index (κ1) is 16.1. The van der Waals surface area contributed by atoms with Gasteiger partial charge in [0.1, 0.15) is 5.82 Å². The summed E-state index contributed by atoms with van der Waals surface area (Å²) >= 11 is 0. The molecule has 1 aromatic rings. The van der Waals surface area contributed by atoms with Crippen molar-refractivity contribution in [3.05, 3.63) is 29.8 Å². The Morgan fingerprint density at radius 2 is 2.05 bits per heavy atom. The summed E-state index contributed by atoms with van der Waals surface area (Å²) in [4.78, 5) is 6.59. The minimum absolute atomic E-state index is 0.0729. The molecule has 2 N–H and O–H groups in total. The van der Waals surface area contributed by atoms with Gasteiger partial charge in [0.25, 0.3) is 0 Å². The average molecular weight is 267 g/mol. The van der Waals surface area contributed by atoms with Crippen molar-refractivity contribution >= 4 is 0 Å². The minimum Gasteiger partial charge on any atom is -0.330 e. The number of rotatable bonds is 7. The molecule has 0 aromatic carbocycles. The number of pyridine rings is 1. The highest BCUT2D eigenvalue weighted by Crippen LogP contribution is 2.26. The van der Waals surface area contributed by atoms with Crippen LogP contribution in [-0.2, 0) is 0 Å². The maximum atomic E-state index is 13.0. The van der Waals surface area contributed by atoms with Crippen LogP contribution >= 0.6 is 0 Å². The number of halogens is 1. The average Bonchev–Trinajstić information content (AvgIpc) is 2.40. The molecule has 3 nitrogen and oxygen atoms in total. The van der Waals surface area contributed by atoms with E-state index in [2.05, 4.69) is 37.6 Å². The second-order valence-electron chi connectivity index (χ2n) is 5.76. The Hall–Kier alpha value is -1.00. The van der Waals surface area contributed by atoms with Gasteiger partial charge in [-0.25, -0.2) is 4.39 Å². The van der Waals surface area contributed by atoms with Gasteiger partial charge < -0.3 is 5.73 Å². The summed E-state index contributed by atoms with van der Waals surface area (Å²) in [7, 11) is 0. The van der Waals surface area contributed by atoms with Crippen LogP contribution in [-0.4, -0.2) is 29.5 Å². The van der Waals surface area contributed by atoms with E-state index in [1.807, 2.05) is 0 Å². The number of aromatic nitrogens is 1. The first-order chi connectivity index (χ1) is 8.93. The second-order valence-corrected chi connectivity index (χ2v) is 5.76. The van der Waals surface area contributed by atoms with E-state index in [0.29, 0.717) is 6.54 Å². The highest BCUT2D eigenvalue weighted by Gasteiger charge is 2.25. The molecule has 0 aliphatic heterocycles. The molecule has 0 spiro atoms. The lowest BCUT2D eigenvalue weighted by Gasteiger charge is -2.36. The molecular weight excluding hydrogens is 241 g/mol. The standard InChI is InChI=1S/C15H26FN3/c1-5-14(13-8-7-12(16)9-18-13)19(6-2)11-15(3,4)10-17/h7-9,14H,5-6,10-11,17H2,1-4H3. The fourth-order valence-corrected chi connectivity index (χ4v) is 2.30. The van der Waals surface area contributed by atoms with E-state index >= 15 is 0 Å². The van der Waals surface area contributed by atoms with Gasteiger partial charge in [-0.1, -0.05) is 27.7 Å². The van der Waals surface area contributed by atoms with Crippen LogP contribution in [0.2, 0.25) is 0 Å². The molecule has 1 aromatic heterocycles. The molecule has 1 rings (SSSR count). The van der Waals surface area contributed by atoms with Crippen molar-refractivity contribution in [2.24, 2.45) is 11.1 Å². The summed E-state index contributed by atoms with van der Waals surface area (Å²) in [6.07, 6.45) is 2.24. The third-order valence-corrected chi connectivity index (χ3v) is 3.51. The molecule has 0 amide bonds. The van der Waals surface area contributed by atoms with Crippen molar-refractivity contribution < 1.29 is 4.39 Å². The highest BCUT2D eigenvalue weighted by molar-refractivity contribution is 5.10. The summed E-state index contributed by atoms with van der Waals surface area (Å²) in [6, 6.07) is 3.48. The Labute approximate surface area is 116 Å². The normalized spacial score (nSPS) is 13.8. The zero-order valence-electron chi connectivity index (χ0n) is 12.5. The summed E-state index contributed by atoms with van der Waals surface area (Å²) in [5, 5.41) is 0. The van der Waals surface area contributed by atoms with Crippen LogP contribution < -0.4 is 5.73 Å². The lowest BCUT2D eigenvalue weighted by molar-refractivity contribution is 0.133. The van der Waals surface area contributed by atoms with E-state index in [1.54, 1.807) is 6.07 Å². The second kappa shape index (κ2) is 6.96. The molecule has 19 heavy (non-hydrogen) atoms. The maximum absolute atomic E-state index is 13.0. The van der Waals surface area contributed by atoms with Crippen molar-refractivity contribution in [1.82, 2.24) is 9.88 Å². The Morgan fingerprint density at radius 1 is 1.37 bits per heavy atom. The van der Waals surface area contributed by atoms with Crippen LogP contribution in [0.5, 0.6) is 0 Å². The predicted molar refractivity (Wildman–Crippen MR) is 77.3 cm³/mol. The fraction of sp³-hybridized carbons (Fsp3) is 0.667. The fourth-order valence-electron chi connectivity index (χ4n) is 2.30. The molecule has 0 radical (unpaired) electrons. The topological polar surface area (TPSA) is 42.2 Å². The Balaban J connectivity index is 2.89.